The number of hydrogen-bond donors (Lipinski definition) is 1. The van der Waals surface area contributed by atoms with Crippen LogP contribution in [0.3, 0.4) is 0 Å². The minimum Gasteiger partial charge on any atom is -0.320 e. The lowest BCUT2D eigenvalue weighted by Crippen LogP contribution is -2.12. The molecule has 0 atom stereocenters. The molecule has 2 heterocycles. The van der Waals surface area contributed by atoms with Gasteiger partial charge in [-0.2, -0.15) is 0 Å². The monoisotopic (exact) mass is 319 g/mol. The van der Waals surface area contributed by atoms with Gasteiger partial charge in [0.2, 0.25) is 0 Å². The van der Waals surface area contributed by atoms with Crippen LogP contribution in [0.1, 0.15) is 16.1 Å². The van der Waals surface area contributed by atoms with Gasteiger partial charge in [0.25, 0.3) is 5.91 Å². The average Bonchev–Trinajstić information content (AvgIpc) is 3.03. The van der Waals surface area contributed by atoms with Crippen LogP contribution in [-0.2, 0) is 0 Å². The van der Waals surface area contributed by atoms with Crippen molar-refractivity contribution < 1.29 is 4.79 Å². The third-order valence-corrected chi connectivity index (χ3v) is 4.51. The predicted molar refractivity (Wildman–Crippen MR) is 94.1 cm³/mol. The minimum atomic E-state index is -0.157. The standard InChI is InChI=1S/C18H13N3OS/c1-11-5-6-12-3-2-4-14(17(12)20-11)21-18(22)13-7-8-16-15(9-13)19-10-23-16/h2-10H,1H3,(H,21,22). The molecule has 112 valence electrons. The summed E-state index contributed by atoms with van der Waals surface area (Å²) in [4.78, 5) is 21.3. The summed E-state index contributed by atoms with van der Waals surface area (Å²) in [5.74, 6) is -0.157. The van der Waals surface area contributed by atoms with E-state index in [1.165, 1.54) is 0 Å². The molecule has 0 radical (unpaired) electrons. The van der Waals surface area contributed by atoms with Gasteiger partial charge in [-0.1, -0.05) is 18.2 Å². The van der Waals surface area contributed by atoms with Gasteiger partial charge < -0.3 is 5.32 Å². The van der Waals surface area contributed by atoms with Gasteiger partial charge >= 0.3 is 0 Å². The summed E-state index contributed by atoms with van der Waals surface area (Å²) in [7, 11) is 0. The molecule has 4 rings (SSSR count). The maximum Gasteiger partial charge on any atom is 0.255 e. The SMILES string of the molecule is Cc1ccc2cccc(NC(=O)c3ccc4scnc4c3)c2n1. The van der Waals surface area contributed by atoms with Gasteiger partial charge in [0, 0.05) is 16.6 Å². The molecule has 0 saturated carbocycles. The normalized spacial score (nSPS) is 11.0. The van der Waals surface area contributed by atoms with Crippen molar-refractivity contribution in [3.8, 4) is 0 Å². The number of carbonyl (C=O) groups excluding carboxylic acids is 1. The molecule has 23 heavy (non-hydrogen) atoms. The lowest BCUT2D eigenvalue weighted by molar-refractivity contribution is 0.102. The first-order valence-corrected chi connectivity index (χ1v) is 8.10. The van der Waals surface area contributed by atoms with Crippen molar-refractivity contribution in [2.45, 2.75) is 6.92 Å². The fourth-order valence-corrected chi connectivity index (χ4v) is 3.20. The molecule has 0 fully saturated rings. The maximum atomic E-state index is 12.5. The number of benzene rings is 2. The molecule has 1 N–H and O–H groups in total. The van der Waals surface area contributed by atoms with Crippen LogP contribution >= 0.6 is 11.3 Å². The van der Waals surface area contributed by atoms with Crippen LogP contribution in [-0.4, -0.2) is 15.9 Å². The highest BCUT2D eigenvalue weighted by Gasteiger charge is 2.10. The molecule has 0 spiro atoms. The van der Waals surface area contributed by atoms with Crippen LogP contribution < -0.4 is 5.32 Å². The number of aromatic nitrogens is 2. The quantitative estimate of drug-likeness (QED) is 0.595. The number of pyridine rings is 1. The molecule has 0 aliphatic rings. The summed E-state index contributed by atoms with van der Waals surface area (Å²) in [5, 5.41) is 3.96. The number of aryl methyl sites for hydroxylation is 1. The average molecular weight is 319 g/mol. The van der Waals surface area contributed by atoms with Crippen LogP contribution in [0.15, 0.2) is 54.0 Å². The van der Waals surface area contributed by atoms with Gasteiger partial charge in [0.1, 0.15) is 0 Å². The Balaban J connectivity index is 1.72. The van der Waals surface area contributed by atoms with Gasteiger partial charge in [-0.25, -0.2) is 4.98 Å². The fourth-order valence-electron chi connectivity index (χ4n) is 2.54. The number of carbonyl (C=O) groups is 1. The van der Waals surface area contributed by atoms with E-state index in [1.807, 2.05) is 55.5 Å². The Hall–Kier alpha value is -2.79. The zero-order chi connectivity index (χ0) is 15.8. The van der Waals surface area contributed by atoms with Crippen LogP contribution in [0.5, 0.6) is 0 Å². The summed E-state index contributed by atoms with van der Waals surface area (Å²) >= 11 is 1.56. The molecule has 0 aliphatic heterocycles. The lowest BCUT2D eigenvalue weighted by atomic mass is 10.1. The van der Waals surface area contributed by atoms with Crippen molar-refractivity contribution in [3.05, 3.63) is 65.3 Å². The molecular weight excluding hydrogens is 306 g/mol. The van der Waals surface area contributed by atoms with E-state index in [0.717, 1.165) is 32.5 Å². The Kier molecular flexibility index (Phi) is 3.28. The largest absolute Gasteiger partial charge is 0.320 e. The molecule has 0 unspecified atom stereocenters. The molecule has 0 saturated heterocycles. The molecule has 2 aromatic heterocycles. The van der Waals surface area contributed by atoms with E-state index in [-0.39, 0.29) is 5.91 Å². The second kappa shape index (κ2) is 5.44. The van der Waals surface area contributed by atoms with E-state index in [1.54, 1.807) is 16.8 Å². The smallest absolute Gasteiger partial charge is 0.255 e. The van der Waals surface area contributed by atoms with E-state index in [4.69, 9.17) is 0 Å². The lowest BCUT2D eigenvalue weighted by Gasteiger charge is -2.09. The van der Waals surface area contributed by atoms with Crippen molar-refractivity contribution in [1.29, 1.82) is 0 Å². The predicted octanol–water partition coefficient (Wildman–Crippen LogP) is 4.41. The molecule has 5 heteroatoms. The van der Waals surface area contributed by atoms with Crippen LogP contribution in [0, 0.1) is 6.92 Å². The second-order valence-corrected chi connectivity index (χ2v) is 6.21. The van der Waals surface area contributed by atoms with Crippen LogP contribution in [0.4, 0.5) is 5.69 Å². The van der Waals surface area contributed by atoms with Crippen molar-refractivity contribution >= 4 is 44.1 Å². The topological polar surface area (TPSA) is 54.9 Å². The van der Waals surface area contributed by atoms with E-state index >= 15 is 0 Å². The summed E-state index contributed by atoms with van der Waals surface area (Å²) in [6.07, 6.45) is 0. The van der Waals surface area contributed by atoms with Crippen molar-refractivity contribution in [2.75, 3.05) is 5.32 Å². The zero-order valence-corrected chi connectivity index (χ0v) is 13.2. The minimum absolute atomic E-state index is 0.157. The first kappa shape index (κ1) is 13.8. The first-order chi connectivity index (χ1) is 11.2. The Bertz CT molecular complexity index is 1040. The highest BCUT2D eigenvalue weighted by atomic mass is 32.1. The molecular formula is C18H13N3OS. The van der Waals surface area contributed by atoms with Crippen molar-refractivity contribution in [3.63, 3.8) is 0 Å². The van der Waals surface area contributed by atoms with E-state index in [0.29, 0.717) is 5.56 Å². The van der Waals surface area contributed by atoms with Crippen molar-refractivity contribution in [2.24, 2.45) is 0 Å². The third kappa shape index (κ3) is 2.55. The number of hydrogen-bond acceptors (Lipinski definition) is 4. The molecule has 0 aliphatic carbocycles. The highest BCUT2D eigenvalue weighted by molar-refractivity contribution is 7.16. The van der Waals surface area contributed by atoms with E-state index in [2.05, 4.69) is 15.3 Å². The summed E-state index contributed by atoms with van der Waals surface area (Å²) < 4.78 is 1.07. The number of amides is 1. The van der Waals surface area contributed by atoms with Crippen LogP contribution in [0.25, 0.3) is 21.1 Å². The van der Waals surface area contributed by atoms with Gasteiger partial charge in [0.05, 0.1) is 26.9 Å². The number of rotatable bonds is 2. The van der Waals surface area contributed by atoms with Gasteiger partial charge in [-0.05, 0) is 37.3 Å². The molecule has 0 bridgehead atoms. The van der Waals surface area contributed by atoms with E-state index < -0.39 is 0 Å². The summed E-state index contributed by atoms with van der Waals surface area (Å²) in [6, 6.07) is 15.3. The second-order valence-electron chi connectivity index (χ2n) is 5.32. The van der Waals surface area contributed by atoms with Crippen molar-refractivity contribution in [1.82, 2.24) is 9.97 Å². The summed E-state index contributed by atoms with van der Waals surface area (Å²) in [5.41, 5.74) is 5.65. The molecule has 4 aromatic rings. The number of para-hydroxylation sites is 1. The highest BCUT2D eigenvalue weighted by Crippen LogP contribution is 2.23. The van der Waals surface area contributed by atoms with Gasteiger partial charge in [-0.3, -0.25) is 9.78 Å². The van der Waals surface area contributed by atoms with E-state index in [9.17, 15) is 4.79 Å². The Morgan fingerprint density at radius 1 is 1.13 bits per heavy atom. The molecule has 1 amide bonds. The first-order valence-electron chi connectivity index (χ1n) is 7.22. The number of nitrogens with zero attached hydrogens (tertiary/aromatic N) is 2. The maximum absolute atomic E-state index is 12.5. The summed E-state index contributed by atoms with van der Waals surface area (Å²) in [6.45, 7) is 1.94. The number of thiazole rings is 1. The fraction of sp³-hybridized carbons (Fsp3) is 0.0556. The number of anilines is 1. The van der Waals surface area contributed by atoms with Gasteiger partial charge in [-0.15, -0.1) is 11.3 Å². The Labute approximate surface area is 136 Å². The van der Waals surface area contributed by atoms with Crippen LogP contribution in [0.2, 0.25) is 0 Å². The number of fused-ring (bicyclic) bond motifs is 2. The third-order valence-electron chi connectivity index (χ3n) is 3.70. The van der Waals surface area contributed by atoms with Gasteiger partial charge in [0.15, 0.2) is 0 Å². The Morgan fingerprint density at radius 2 is 2.04 bits per heavy atom. The molecule has 4 nitrogen and oxygen atoms in total. The molecule has 2 aromatic carbocycles. The zero-order valence-electron chi connectivity index (χ0n) is 12.4. The number of nitrogens with one attached hydrogen (secondary N) is 1. The Morgan fingerprint density at radius 3 is 2.96 bits per heavy atom.